The van der Waals surface area contributed by atoms with Gasteiger partial charge in [-0.1, -0.05) is 0 Å². The molecule has 4 aromatic rings. The molecule has 0 aliphatic heterocycles. The van der Waals surface area contributed by atoms with Crippen LogP contribution < -0.4 is 5.32 Å². The Morgan fingerprint density at radius 1 is 1.26 bits per heavy atom. The number of aryl methyl sites for hydroxylation is 2. The lowest BCUT2D eigenvalue weighted by Crippen LogP contribution is -2.13. The molecule has 0 atom stereocenters. The molecule has 0 bridgehead atoms. The Morgan fingerprint density at radius 2 is 2.07 bits per heavy atom. The van der Waals surface area contributed by atoms with Crippen LogP contribution in [-0.4, -0.2) is 35.7 Å². The lowest BCUT2D eigenvalue weighted by atomic mass is 10.0. The van der Waals surface area contributed by atoms with Crippen molar-refractivity contribution in [1.82, 2.24) is 29.8 Å². The smallest absolute Gasteiger partial charge is 0.226 e. The summed E-state index contributed by atoms with van der Waals surface area (Å²) in [5.74, 6) is -0.0780. The predicted molar refractivity (Wildman–Crippen MR) is 103 cm³/mol. The molecular formula is C18H17N7OS. The first-order valence-electron chi connectivity index (χ1n) is 8.43. The lowest BCUT2D eigenvalue weighted by molar-refractivity contribution is -0.116. The normalized spacial score (nSPS) is 11.0. The van der Waals surface area contributed by atoms with Gasteiger partial charge in [0, 0.05) is 35.3 Å². The molecule has 0 fully saturated rings. The second-order valence-corrected chi connectivity index (χ2v) is 6.97. The minimum absolute atomic E-state index is 0.0780. The van der Waals surface area contributed by atoms with Crippen molar-refractivity contribution in [3.63, 3.8) is 0 Å². The maximum Gasteiger partial charge on any atom is 0.226 e. The van der Waals surface area contributed by atoms with Gasteiger partial charge in [-0.25, -0.2) is 9.50 Å². The van der Waals surface area contributed by atoms with Crippen molar-refractivity contribution >= 4 is 28.0 Å². The number of carbonyl (C=O) groups is 1. The molecule has 136 valence electrons. The molecule has 0 unspecified atom stereocenters. The molecule has 1 N–H and O–H groups in total. The third-order valence-corrected chi connectivity index (χ3v) is 5.10. The fourth-order valence-electron chi connectivity index (χ4n) is 2.95. The van der Waals surface area contributed by atoms with Gasteiger partial charge in [-0.2, -0.15) is 5.10 Å². The van der Waals surface area contributed by atoms with Crippen molar-refractivity contribution in [2.45, 2.75) is 26.7 Å². The molecule has 4 rings (SSSR count). The first-order valence-corrected chi connectivity index (χ1v) is 9.31. The Balaban J connectivity index is 1.43. The van der Waals surface area contributed by atoms with Gasteiger partial charge in [-0.05, 0) is 38.0 Å². The van der Waals surface area contributed by atoms with Gasteiger partial charge in [0.1, 0.15) is 6.33 Å². The molecule has 27 heavy (non-hydrogen) atoms. The lowest BCUT2D eigenvalue weighted by Gasteiger charge is -2.09. The van der Waals surface area contributed by atoms with E-state index in [4.69, 9.17) is 0 Å². The third kappa shape index (κ3) is 3.54. The maximum atomic E-state index is 12.4. The van der Waals surface area contributed by atoms with E-state index in [1.807, 2.05) is 31.4 Å². The molecular weight excluding hydrogens is 362 g/mol. The molecule has 4 heterocycles. The highest BCUT2D eigenvalue weighted by atomic mass is 32.1. The molecule has 0 aromatic carbocycles. The standard InChI is InChI=1S/C18H17N7OS/c1-11-14(12(2)24-25-10-20-23-17(11)25)3-4-16(26)22-18-21-15(9-27-18)13-5-7-19-8-6-13/h5-10H,3-4H2,1-2H3,(H,21,22,26). The SMILES string of the molecule is Cc1nn2cnnc2c(C)c1CCC(=O)Nc1nc(-c2ccncc2)cs1. The zero-order valence-corrected chi connectivity index (χ0v) is 15.7. The summed E-state index contributed by atoms with van der Waals surface area (Å²) in [4.78, 5) is 20.8. The van der Waals surface area contributed by atoms with Crippen molar-refractivity contribution < 1.29 is 4.79 Å². The second kappa shape index (κ2) is 7.20. The number of pyridine rings is 1. The summed E-state index contributed by atoms with van der Waals surface area (Å²) >= 11 is 1.41. The van der Waals surface area contributed by atoms with Crippen LogP contribution >= 0.6 is 11.3 Å². The molecule has 0 aliphatic carbocycles. The van der Waals surface area contributed by atoms with E-state index >= 15 is 0 Å². The molecule has 0 spiro atoms. The van der Waals surface area contributed by atoms with E-state index in [-0.39, 0.29) is 5.91 Å². The van der Waals surface area contributed by atoms with E-state index in [2.05, 4.69) is 30.6 Å². The summed E-state index contributed by atoms with van der Waals surface area (Å²) in [6.45, 7) is 3.91. The number of anilines is 1. The fraction of sp³-hybridized carbons (Fsp3) is 0.222. The second-order valence-electron chi connectivity index (χ2n) is 6.11. The number of nitrogens with zero attached hydrogens (tertiary/aromatic N) is 6. The average Bonchev–Trinajstić information content (AvgIpc) is 3.32. The Kier molecular flexibility index (Phi) is 4.59. The van der Waals surface area contributed by atoms with Crippen molar-refractivity contribution in [2.75, 3.05) is 5.32 Å². The third-order valence-electron chi connectivity index (χ3n) is 4.34. The van der Waals surface area contributed by atoms with Crippen LogP contribution in [0.2, 0.25) is 0 Å². The number of amides is 1. The molecule has 4 aromatic heterocycles. The Labute approximate surface area is 159 Å². The summed E-state index contributed by atoms with van der Waals surface area (Å²) in [5.41, 5.74) is 5.43. The monoisotopic (exact) mass is 379 g/mol. The molecule has 1 amide bonds. The van der Waals surface area contributed by atoms with Crippen LogP contribution in [0.25, 0.3) is 16.9 Å². The van der Waals surface area contributed by atoms with Gasteiger partial charge in [0.25, 0.3) is 0 Å². The van der Waals surface area contributed by atoms with Crippen molar-refractivity contribution in [2.24, 2.45) is 0 Å². The first-order chi connectivity index (χ1) is 13.1. The number of nitrogens with one attached hydrogen (secondary N) is 1. The van der Waals surface area contributed by atoms with Gasteiger partial charge in [0.05, 0.1) is 11.4 Å². The highest BCUT2D eigenvalue weighted by molar-refractivity contribution is 7.14. The molecule has 0 radical (unpaired) electrons. The maximum absolute atomic E-state index is 12.4. The van der Waals surface area contributed by atoms with Crippen LogP contribution in [0, 0.1) is 13.8 Å². The molecule has 0 saturated carbocycles. The summed E-state index contributed by atoms with van der Waals surface area (Å²) in [7, 11) is 0. The van der Waals surface area contributed by atoms with Crippen LogP contribution in [0.1, 0.15) is 23.2 Å². The van der Waals surface area contributed by atoms with E-state index in [0.29, 0.717) is 18.0 Å². The van der Waals surface area contributed by atoms with Crippen LogP contribution in [0.4, 0.5) is 5.13 Å². The fourth-order valence-corrected chi connectivity index (χ4v) is 3.69. The summed E-state index contributed by atoms with van der Waals surface area (Å²) in [5, 5.41) is 17.8. The van der Waals surface area contributed by atoms with Gasteiger partial charge in [-0.3, -0.25) is 9.78 Å². The van der Waals surface area contributed by atoms with E-state index < -0.39 is 0 Å². The minimum Gasteiger partial charge on any atom is -0.302 e. The Bertz CT molecular complexity index is 1100. The predicted octanol–water partition coefficient (Wildman–Crippen LogP) is 2.83. The zero-order valence-electron chi connectivity index (χ0n) is 14.9. The number of hydrogen-bond acceptors (Lipinski definition) is 7. The topological polar surface area (TPSA) is 98.0 Å². The number of aromatic nitrogens is 6. The van der Waals surface area contributed by atoms with Gasteiger partial charge < -0.3 is 5.32 Å². The number of carbonyl (C=O) groups excluding carboxylic acids is 1. The van der Waals surface area contributed by atoms with E-state index in [0.717, 1.165) is 33.7 Å². The van der Waals surface area contributed by atoms with Crippen LogP contribution in [0.5, 0.6) is 0 Å². The van der Waals surface area contributed by atoms with Gasteiger partial charge in [0.15, 0.2) is 10.8 Å². The molecule has 0 saturated heterocycles. The summed E-state index contributed by atoms with van der Waals surface area (Å²) in [6.07, 6.45) is 5.95. The van der Waals surface area contributed by atoms with Crippen LogP contribution in [0.3, 0.4) is 0 Å². The van der Waals surface area contributed by atoms with Gasteiger partial charge in [0.2, 0.25) is 5.91 Å². The van der Waals surface area contributed by atoms with Crippen molar-refractivity contribution in [3.8, 4) is 11.3 Å². The van der Waals surface area contributed by atoms with E-state index in [1.54, 1.807) is 23.2 Å². The van der Waals surface area contributed by atoms with Crippen molar-refractivity contribution in [3.05, 3.63) is 53.1 Å². The number of rotatable bonds is 5. The highest BCUT2D eigenvalue weighted by Crippen LogP contribution is 2.24. The Hall–Kier alpha value is -3.20. The molecule has 0 aliphatic rings. The molecule has 9 heteroatoms. The first kappa shape index (κ1) is 17.2. The number of hydrogen-bond donors (Lipinski definition) is 1. The average molecular weight is 379 g/mol. The van der Waals surface area contributed by atoms with Crippen molar-refractivity contribution in [1.29, 1.82) is 0 Å². The van der Waals surface area contributed by atoms with Crippen LogP contribution in [-0.2, 0) is 11.2 Å². The Morgan fingerprint density at radius 3 is 2.89 bits per heavy atom. The van der Waals surface area contributed by atoms with Gasteiger partial charge >= 0.3 is 0 Å². The van der Waals surface area contributed by atoms with E-state index in [1.165, 1.54) is 11.3 Å². The van der Waals surface area contributed by atoms with E-state index in [9.17, 15) is 4.79 Å². The van der Waals surface area contributed by atoms with Crippen LogP contribution in [0.15, 0.2) is 36.2 Å². The minimum atomic E-state index is -0.0780. The number of fused-ring (bicyclic) bond motifs is 1. The largest absolute Gasteiger partial charge is 0.302 e. The quantitative estimate of drug-likeness (QED) is 0.573. The molecule has 8 nitrogen and oxygen atoms in total. The van der Waals surface area contributed by atoms with Gasteiger partial charge in [-0.15, -0.1) is 21.5 Å². The summed E-state index contributed by atoms with van der Waals surface area (Å²) < 4.78 is 1.66. The zero-order chi connectivity index (χ0) is 18.8. The number of thiazole rings is 1. The summed E-state index contributed by atoms with van der Waals surface area (Å²) in [6, 6.07) is 3.78. The highest BCUT2D eigenvalue weighted by Gasteiger charge is 2.14.